The van der Waals surface area contributed by atoms with E-state index in [0.29, 0.717) is 0 Å². The highest BCUT2D eigenvalue weighted by Gasteiger charge is 2.29. The summed E-state index contributed by atoms with van der Waals surface area (Å²) in [4.78, 5) is 17.8. The second-order valence-electron chi connectivity index (χ2n) is 7.25. The Bertz CT molecular complexity index is 680. The van der Waals surface area contributed by atoms with Crippen molar-refractivity contribution in [2.75, 3.05) is 26.7 Å². The zero-order chi connectivity index (χ0) is 18.4. The predicted octanol–water partition coefficient (Wildman–Crippen LogP) is 4.48. The van der Waals surface area contributed by atoms with E-state index in [2.05, 4.69) is 48.2 Å². The fourth-order valence-corrected chi connectivity index (χ4v) is 3.97. The number of hydrogen-bond acceptors (Lipinski definition) is 2. The van der Waals surface area contributed by atoms with Crippen molar-refractivity contribution in [3.8, 4) is 0 Å². The molecule has 1 heterocycles. The number of likely N-dealkylation sites (N-methyl/N-ethyl adjacent to an activating group) is 1. The molecule has 0 aliphatic carbocycles. The van der Waals surface area contributed by atoms with Crippen LogP contribution in [0.15, 0.2) is 60.7 Å². The summed E-state index contributed by atoms with van der Waals surface area (Å²) in [6, 6.07) is 20.7. The van der Waals surface area contributed by atoms with Crippen molar-refractivity contribution in [1.82, 2.24) is 9.80 Å². The third-order valence-electron chi connectivity index (χ3n) is 5.54. The average molecular weight is 351 g/mol. The zero-order valence-electron chi connectivity index (χ0n) is 16.0. The lowest BCUT2D eigenvalue weighted by Gasteiger charge is -2.34. The number of benzene rings is 2. The molecule has 2 aromatic rings. The lowest BCUT2D eigenvalue weighted by molar-refractivity contribution is -0.134. The highest BCUT2D eigenvalue weighted by molar-refractivity contribution is 5.84. The fourth-order valence-electron chi connectivity index (χ4n) is 3.97. The molecule has 0 bridgehead atoms. The Morgan fingerprint density at radius 2 is 1.50 bits per heavy atom. The van der Waals surface area contributed by atoms with Gasteiger partial charge in [-0.2, -0.15) is 0 Å². The maximum Gasteiger partial charge on any atom is 0.230 e. The minimum Gasteiger partial charge on any atom is -0.337 e. The highest BCUT2D eigenvalue weighted by Crippen LogP contribution is 2.28. The molecule has 0 saturated carbocycles. The maximum absolute atomic E-state index is 13.4. The van der Waals surface area contributed by atoms with Crippen LogP contribution >= 0.6 is 0 Å². The number of nitrogens with zero attached hydrogens (tertiary/aromatic N) is 2. The molecule has 3 nitrogen and oxygen atoms in total. The largest absolute Gasteiger partial charge is 0.337 e. The Morgan fingerprint density at radius 1 is 0.962 bits per heavy atom. The van der Waals surface area contributed by atoms with Crippen LogP contribution in [0.5, 0.6) is 0 Å². The van der Waals surface area contributed by atoms with Gasteiger partial charge in [0.25, 0.3) is 0 Å². The van der Waals surface area contributed by atoms with Crippen LogP contribution in [-0.2, 0) is 4.79 Å². The molecule has 1 aliphatic rings. The highest BCUT2D eigenvalue weighted by atomic mass is 16.2. The Balaban J connectivity index is 1.83. The monoisotopic (exact) mass is 350 g/mol. The molecule has 3 rings (SSSR count). The van der Waals surface area contributed by atoms with Crippen molar-refractivity contribution in [2.45, 2.75) is 38.1 Å². The van der Waals surface area contributed by atoms with Gasteiger partial charge < -0.3 is 9.80 Å². The van der Waals surface area contributed by atoms with Crippen LogP contribution in [0.3, 0.4) is 0 Å². The summed E-state index contributed by atoms with van der Waals surface area (Å²) >= 11 is 0. The first-order chi connectivity index (χ1) is 12.7. The van der Waals surface area contributed by atoms with E-state index >= 15 is 0 Å². The van der Waals surface area contributed by atoms with Gasteiger partial charge >= 0.3 is 0 Å². The summed E-state index contributed by atoms with van der Waals surface area (Å²) in [7, 11) is 1.97. The van der Waals surface area contributed by atoms with Crippen molar-refractivity contribution < 1.29 is 4.79 Å². The Morgan fingerprint density at radius 3 is 2.04 bits per heavy atom. The normalized spacial score (nSPS) is 17.0. The SMILES string of the molecule is CCC(C(=O)N(C)[C@H](CN1CCCC1)c1ccccc1)c1ccccc1. The van der Waals surface area contributed by atoms with Gasteiger partial charge in [-0.3, -0.25) is 4.79 Å². The molecule has 1 fully saturated rings. The number of likely N-dealkylation sites (tertiary alicyclic amines) is 1. The van der Waals surface area contributed by atoms with Gasteiger partial charge in [-0.15, -0.1) is 0 Å². The quantitative estimate of drug-likeness (QED) is 0.735. The van der Waals surface area contributed by atoms with Crippen LogP contribution in [0, 0.1) is 0 Å². The Hall–Kier alpha value is -2.13. The van der Waals surface area contributed by atoms with E-state index in [4.69, 9.17) is 0 Å². The molecule has 138 valence electrons. The van der Waals surface area contributed by atoms with Crippen molar-refractivity contribution in [2.24, 2.45) is 0 Å². The molecule has 1 amide bonds. The van der Waals surface area contributed by atoms with Gasteiger partial charge in [-0.05, 0) is 43.5 Å². The van der Waals surface area contributed by atoms with Gasteiger partial charge in [-0.25, -0.2) is 0 Å². The molecule has 1 unspecified atom stereocenters. The number of amides is 1. The predicted molar refractivity (Wildman–Crippen MR) is 107 cm³/mol. The molecule has 0 radical (unpaired) electrons. The van der Waals surface area contributed by atoms with E-state index < -0.39 is 0 Å². The number of carbonyl (C=O) groups is 1. The number of hydrogen-bond donors (Lipinski definition) is 0. The Kier molecular flexibility index (Phi) is 6.45. The van der Waals surface area contributed by atoms with Gasteiger partial charge in [0.05, 0.1) is 12.0 Å². The molecule has 26 heavy (non-hydrogen) atoms. The van der Waals surface area contributed by atoms with Crippen LogP contribution in [-0.4, -0.2) is 42.4 Å². The average Bonchev–Trinajstić information content (AvgIpc) is 3.21. The Labute approximate surface area is 157 Å². The van der Waals surface area contributed by atoms with Crippen LogP contribution < -0.4 is 0 Å². The van der Waals surface area contributed by atoms with Crippen molar-refractivity contribution in [3.05, 3.63) is 71.8 Å². The molecule has 3 heteroatoms. The molecule has 2 aromatic carbocycles. The molecule has 1 aliphatic heterocycles. The standard InChI is InChI=1S/C23H30N2O/c1-3-21(19-12-6-4-7-13-19)23(26)24(2)22(18-25-16-10-11-17-25)20-14-8-5-9-15-20/h4-9,12-15,21-22H,3,10-11,16-18H2,1-2H3/t21?,22-/m1/s1. The van der Waals surface area contributed by atoms with Gasteiger partial charge in [0.2, 0.25) is 5.91 Å². The van der Waals surface area contributed by atoms with Crippen molar-refractivity contribution >= 4 is 5.91 Å². The molecular weight excluding hydrogens is 320 g/mol. The summed E-state index contributed by atoms with van der Waals surface area (Å²) < 4.78 is 0. The van der Waals surface area contributed by atoms with Crippen molar-refractivity contribution in [1.29, 1.82) is 0 Å². The second kappa shape index (κ2) is 9.00. The van der Waals surface area contributed by atoms with E-state index in [1.54, 1.807) is 0 Å². The van der Waals surface area contributed by atoms with E-state index in [-0.39, 0.29) is 17.9 Å². The first-order valence-electron chi connectivity index (χ1n) is 9.79. The minimum atomic E-state index is -0.0778. The summed E-state index contributed by atoms with van der Waals surface area (Å²) in [5.74, 6) is 0.137. The minimum absolute atomic E-state index is 0.0778. The van der Waals surface area contributed by atoms with Gasteiger partial charge in [0.15, 0.2) is 0 Å². The lowest BCUT2D eigenvalue weighted by atomic mass is 9.93. The topological polar surface area (TPSA) is 23.6 Å². The van der Waals surface area contributed by atoms with Crippen molar-refractivity contribution in [3.63, 3.8) is 0 Å². The lowest BCUT2D eigenvalue weighted by Crippen LogP contribution is -2.40. The molecule has 1 saturated heterocycles. The zero-order valence-corrected chi connectivity index (χ0v) is 16.0. The summed E-state index contributed by atoms with van der Waals surface area (Å²) in [5.41, 5.74) is 2.33. The molecule has 0 aromatic heterocycles. The van der Waals surface area contributed by atoms with E-state index in [1.807, 2.05) is 36.2 Å². The molecule has 0 N–H and O–H groups in total. The summed E-state index contributed by atoms with van der Waals surface area (Å²) in [6.07, 6.45) is 3.35. The molecule has 2 atom stereocenters. The first-order valence-corrected chi connectivity index (χ1v) is 9.79. The van der Waals surface area contributed by atoms with Crippen LogP contribution in [0.2, 0.25) is 0 Å². The van der Waals surface area contributed by atoms with E-state index in [0.717, 1.165) is 31.6 Å². The number of carbonyl (C=O) groups excluding carboxylic acids is 1. The van der Waals surface area contributed by atoms with Crippen LogP contribution in [0.4, 0.5) is 0 Å². The summed E-state index contributed by atoms with van der Waals surface area (Å²) in [5, 5.41) is 0. The third kappa shape index (κ3) is 4.34. The second-order valence-corrected chi connectivity index (χ2v) is 7.25. The van der Waals surface area contributed by atoms with E-state index in [9.17, 15) is 4.79 Å². The van der Waals surface area contributed by atoms with Gasteiger partial charge in [0.1, 0.15) is 0 Å². The summed E-state index contributed by atoms with van der Waals surface area (Å²) in [6.45, 7) is 5.29. The molecular formula is C23H30N2O. The maximum atomic E-state index is 13.4. The van der Waals surface area contributed by atoms with Gasteiger partial charge in [-0.1, -0.05) is 67.6 Å². The smallest absolute Gasteiger partial charge is 0.230 e. The first kappa shape index (κ1) is 18.7. The van der Waals surface area contributed by atoms with E-state index in [1.165, 1.54) is 18.4 Å². The third-order valence-corrected chi connectivity index (χ3v) is 5.54. The molecule has 0 spiro atoms. The van der Waals surface area contributed by atoms with Crippen LogP contribution in [0.25, 0.3) is 0 Å². The van der Waals surface area contributed by atoms with Crippen LogP contribution in [0.1, 0.15) is 49.3 Å². The van der Waals surface area contributed by atoms with Gasteiger partial charge in [0, 0.05) is 13.6 Å². The number of rotatable bonds is 7. The fraction of sp³-hybridized carbons (Fsp3) is 0.435.